The van der Waals surface area contributed by atoms with Gasteiger partial charge in [-0.15, -0.1) is 11.3 Å². The Kier molecular flexibility index (Phi) is 4.81. The van der Waals surface area contributed by atoms with Crippen molar-refractivity contribution in [1.82, 2.24) is 4.98 Å². The molecule has 5 nitrogen and oxygen atoms in total. The van der Waals surface area contributed by atoms with Crippen molar-refractivity contribution in [2.45, 2.75) is 12.8 Å². The number of hydrogen-bond donors (Lipinski definition) is 1. The van der Waals surface area contributed by atoms with Crippen LogP contribution in [0.4, 0.5) is 5.69 Å². The van der Waals surface area contributed by atoms with Gasteiger partial charge in [-0.25, -0.2) is 4.98 Å². The number of rotatable bonds is 6. The molecule has 1 amide bonds. The number of carbonyl (C=O) groups is 1. The average molecular weight is 380 g/mol. The molecule has 1 aliphatic carbocycles. The predicted octanol–water partition coefficient (Wildman–Crippen LogP) is 4.84. The first-order chi connectivity index (χ1) is 13.2. The Bertz CT molecular complexity index is 962. The maximum atomic E-state index is 11.9. The van der Waals surface area contributed by atoms with E-state index in [2.05, 4.69) is 5.32 Å². The van der Waals surface area contributed by atoms with E-state index in [0.29, 0.717) is 0 Å². The highest BCUT2D eigenvalue weighted by Crippen LogP contribution is 2.36. The van der Waals surface area contributed by atoms with Crippen molar-refractivity contribution in [3.63, 3.8) is 0 Å². The Hall–Kier alpha value is -2.86. The van der Waals surface area contributed by atoms with Crippen LogP contribution in [0.25, 0.3) is 21.8 Å². The van der Waals surface area contributed by atoms with E-state index in [4.69, 9.17) is 14.5 Å². The summed E-state index contributed by atoms with van der Waals surface area (Å²) in [4.78, 5) is 16.6. The van der Waals surface area contributed by atoms with E-state index in [9.17, 15) is 4.79 Å². The quantitative estimate of drug-likeness (QED) is 0.664. The largest absolute Gasteiger partial charge is 0.497 e. The number of methoxy groups -OCH3 is 2. The van der Waals surface area contributed by atoms with Crippen LogP contribution in [0.5, 0.6) is 11.5 Å². The van der Waals surface area contributed by atoms with E-state index >= 15 is 0 Å². The lowest BCUT2D eigenvalue weighted by Crippen LogP contribution is -2.12. The van der Waals surface area contributed by atoms with Gasteiger partial charge in [0, 0.05) is 28.1 Å². The summed E-state index contributed by atoms with van der Waals surface area (Å²) >= 11 is 1.57. The molecular formula is C21H20N2O3S. The number of nitrogens with one attached hydrogen (secondary N) is 1. The minimum atomic E-state index is 0.115. The summed E-state index contributed by atoms with van der Waals surface area (Å²) in [5.41, 5.74) is 3.57. The van der Waals surface area contributed by atoms with Gasteiger partial charge < -0.3 is 14.8 Å². The van der Waals surface area contributed by atoms with Crippen molar-refractivity contribution >= 4 is 22.9 Å². The number of thiazole rings is 1. The number of carbonyl (C=O) groups excluding carboxylic acids is 1. The van der Waals surface area contributed by atoms with Crippen LogP contribution in [0.2, 0.25) is 0 Å². The third kappa shape index (κ3) is 3.80. The molecule has 1 saturated carbocycles. The first-order valence-electron chi connectivity index (χ1n) is 8.77. The SMILES string of the molecule is COc1ccc(OC)c(-c2csc(-c3ccc(NC(=O)C4CC4)cc3)n2)c1. The van der Waals surface area contributed by atoms with Crippen LogP contribution in [-0.4, -0.2) is 25.1 Å². The number of nitrogens with zero attached hydrogens (tertiary/aromatic N) is 1. The number of hydrogen-bond acceptors (Lipinski definition) is 5. The first kappa shape index (κ1) is 17.5. The Balaban J connectivity index is 1.56. The van der Waals surface area contributed by atoms with E-state index in [1.807, 2.05) is 47.8 Å². The molecule has 1 aromatic heterocycles. The van der Waals surface area contributed by atoms with E-state index in [1.54, 1.807) is 25.6 Å². The third-order valence-corrected chi connectivity index (χ3v) is 5.43. The molecule has 138 valence electrons. The fourth-order valence-electron chi connectivity index (χ4n) is 2.83. The molecule has 3 aromatic rings. The summed E-state index contributed by atoms with van der Waals surface area (Å²) in [6, 6.07) is 13.5. The van der Waals surface area contributed by atoms with Crippen LogP contribution in [-0.2, 0) is 4.79 Å². The topological polar surface area (TPSA) is 60.5 Å². The minimum absolute atomic E-state index is 0.115. The highest BCUT2D eigenvalue weighted by molar-refractivity contribution is 7.13. The lowest BCUT2D eigenvalue weighted by molar-refractivity contribution is -0.117. The number of benzene rings is 2. The van der Waals surface area contributed by atoms with Crippen molar-refractivity contribution in [2.75, 3.05) is 19.5 Å². The molecule has 0 saturated heterocycles. The van der Waals surface area contributed by atoms with Gasteiger partial charge in [-0.2, -0.15) is 0 Å². The van der Waals surface area contributed by atoms with Crippen LogP contribution in [0.15, 0.2) is 47.8 Å². The molecule has 27 heavy (non-hydrogen) atoms. The number of ether oxygens (including phenoxy) is 2. The molecule has 0 spiro atoms. The maximum Gasteiger partial charge on any atom is 0.227 e. The molecule has 0 aliphatic heterocycles. The van der Waals surface area contributed by atoms with Gasteiger partial charge in [-0.1, -0.05) is 0 Å². The van der Waals surface area contributed by atoms with Crippen LogP contribution in [0.3, 0.4) is 0 Å². The normalized spacial score (nSPS) is 13.3. The molecule has 0 bridgehead atoms. The number of aromatic nitrogens is 1. The molecule has 0 atom stereocenters. The molecule has 0 radical (unpaired) electrons. The van der Waals surface area contributed by atoms with Crippen LogP contribution in [0.1, 0.15) is 12.8 Å². The second-order valence-electron chi connectivity index (χ2n) is 6.44. The molecule has 1 aliphatic rings. The van der Waals surface area contributed by atoms with Crippen molar-refractivity contribution in [3.05, 3.63) is 47.8 Å². The zero-order valence-corrected chi connectivity index (χ0v) is 16.0. The Morgan fingerprint density at radius 1 is 1.11 bits per heavy atom. The van der Waals surface area contributed by atoms with E-state index in [0.717, 1.165) is 51.9 Å². The van der Waals surface area contributed by atoms with Crippen molar-refractivity contribution in [1.29, 1.82) is 0 Å². The average Bonchev–Trinajstić information content (AvgIpc) is 3.45. The van der Waals surface area contributed by atoms with E-state index in [-0.39, 0.29) is 11.8 Å². The standard InChI is InChI=1S/C21H20N2O3S/c1-25-16-9-10-19(26-2)17(11-16)18-12-27-21(23-18)14-5-7-15(8-6-14)22-20(24)13-3-4-13/h5-13H,3-4H2,1-2H3,(H,22,24). The number of amides is 1. The minimum Gasteiger partial charge on any atom is -0.497 e. The molecule has 1 N–H and O–H groups in total. The lowest BCUT2D eigenvalue weighted by atomic mass is 10.1. The van der Waals surface area contributed by atoms with Crippen molar-refractivity contribution < 1.29 is 14.3 Å². The Morgan fingerprint density at radius 2 is 1.89 bits per heavy atom. The van der Waals surface area contributed by atoms with Gasteiger partial charge in [0.2, 0.25) is 5.91 Å². The predicted molar refractivity (Wildman–Crippen MR) is 107 cm³/mol. The zero-order chi connectivity index (χ0) is 18.8. The van der Waals surface area contributed by atoms with E-state index in [1.165, 1.54) is 0 Å². The monoisotopic (exact) mass is 380 g/mol. The summed E-state index contributed by atoms with van der Waals surface area (Å²) in [6.45, 7) is 0. The summed E-state index contributed by atoms with van der Waals surface area (Å²) in [7, 11) is 3.29. The summed E-state index contributed by atoms with van der Waals surface area (Å²) < 4.78 is 10.8. The molecule has 0 unspecified atom stereocenters. The van der Waals surface area contributed by atoms with Gasteiger partial charge in [-0.3, -0.25) is 4.79 Å². The van der Waals surface area contributed by atoms with Gasteiger partial charge in [0.25, 0.3) is 0 Å². The van der Waals surface area contributed by atoms with Crippen LogP contribution in [0, 0.1) is 5.92 Å². The third-order valence-electron chi connectivity index (χ3n) is 4.53. The molecule has 2 aromatic carbocycles. The van der Waals surface area contributed by atoms with E-state index < -0.39 is 0 Å². The molecule has 6 heteroatoms. The van der Waals surface area contributed by atoms with Crippen molar-refractivity contribution in [3.8, 4) is 33.3 Å². The highest BCUT2D eigenvalue weighted by atomic mass is 32.1. The zero-order valence-electron chi connectivity index (χ0n) is 15.2. The lowest BCUT2D eigenvalue weighted by Gasteiger charge is -2.08. The van der Waals surface area contributed by atoms with Gasteiger partial charge in [0.1, 0.15) is 16.5 Å². The van der Waals surface area contributed by atoms with Crippen molar-refractivity contribution in [2.24, 2.45) is 5.92 Å². The second kappa shape index (κ2) is 7.40. The van der Waals surface area contributed by atoms with Gasteiger partial charge in [-0.05, 0) is 55.3 Å². The number of anilines is 1. The first-order valence-corrected chi connectivity index (χ1v) is 9.65. The van der Waals surface area contributed by atoms with Crippen LogP contribution >= 0.6 is 11.3 Å². The molecular weight excluding hydrogens is 360 g/mol. The van der Waals surface area contributed by atoms with Gasteiger partial charge in [0.05, 0.1) is 19.9 Å². The maximum absolute atomic E-state index is 11.9. The summed E-state index contributed by atoms with van der Waals surface area (Å²) in [6.07, 6.45) is 2.00. The smallest absolute Gasteiger partial charge is 0.227 e. The fourth-order valence-corrected chi connectivity index (χ4v) is 3.66. The second-order valence-corrected chi connectivity index (χ2v) is 7.30. The summed E-state index contributed by atoms with van der Waals surface area (Å²) in [5.74, 6) is 1.83. The van der Waals surface area contributed by atoms with Crippen LogP contribution < -0.4 is 14.8 Å². The molecule has 4 rings (SSSR count). The molecule has 1 heterocycles. The fraction of sp³-hybridized carbons (Fsp3) is 0.238. The Morgan fingerprint density at radius 3 is 2.56 bits per heavy atom. The van der Waals surface area contributed by atoms with Gasteiger partial charge in [0.15, 0.2) is 0 Å². The molecule has 1 fully saturated rings. The van der Waals surface area contributed by atoms with Gasteiger partial charge >= 0.3 is 0 Å². The highest BCUT2D eigenvalue weighted by Gasteiger charge is 2.29. The Labute approximate surface area is 162 Å². The summed E-state index contributed by atoms with van der Waals surface area (Å²) in [5, 5.41) is 5.88.